The van der Waals surface area contributed by atoms with E-state index in [1.165, 1.54) is 0 Å². The van der Waals surface area contributed by atoms with Crippen molar-refractivity contribution in [1.29, 1.82) is 0 Å². The Morgan fingerprint density at radius 1 is 1.44 bits per heavy atom. The Kier molecular flexibility index (Phi) is 4.41. The number of nitrogens with two attached hydrogens (primary N) is 1. The molecule has 0 aromatic heterocycles. The number of oxime groups is 1. The molecule has 1 aromatic rings. The van der Waals surface area contributed by atoms with Gasteiger partial charge in [0.05, 0.1) is 13.2 Å². The van der Waals surface area contributed by atoms with Crippen molar-refractivity contribution < 1.29 is 14.3 Å². The molecule has 1 heterocycles. The molecule has 2 N–H and O–H groups in total. The van der Waals surface area contributed by atoms with Gasteiger partial charge in [-0.25, -0.2) is 0 Å². The van der Waals surface area contributed by atoms with Crippen LogP contribution in [0.5, 0.6) is 5.75 Å². The number of amidine groups is 1. The van der Waals surface area contributed by atoms with Crippen LogP contribution in [-0.2, 0) is 9.57 Å². The van der Waals surface area contributed by atoms with Crippen molar-refractivity contribution in [3.05, 3.63) is 29.8 Å². The molecule has 1 aliphatic heterocycles. The molecule has 1 aliphatic rings. The Hall–Kier alpha value is -1.75. The van der Waals surface area contributed by atoms with E-state index in [0.29, 0.717) is 12.4 Å². The second-order valence-electron chi connectivity index (χ2n) is 4.14. The minimum atomic E-state index is 0.150. The Morgan fingerprint density at radius 2 is 2.22 bits per heavy atom. The lowest BCUT2D eigenvalue weighted by Gasteiger charge is -2.07. The van der Waals surface area contributed by atoms with Crippen LogP contribution in [0.15, 0.2) is 29.4 Å². The monoisotopic (exact) mass is 250 g/mol. The molecule has 5 nitrogen and oxygen atoms in total. The Bertz CT molecular complexity index is 397. The average Bonchev–Trinajstić information content (AvgIpc) is 2.92. The van der Waals surface area contributed by atoms with Crippen molar-refractivity contribution in [1.82, 2.24) is 0 Å². The molecule has 2 rings (SSSR count). The second kappa shape index (κ2) is 6.26. The summed E-state index contributed by atoms with van der Waals surface area (Å²) < 4.78 is 10.5. The summed E-state index contributed by atoms with van der Waals surface area (Å²) in [6, 6.07) is 7.34. The molecule has 5 heteroatoms. The van der Waals surface area contributed by atoms with Gasteiger partial charge in [-0.15, -0.1) is 0 Å². The van der Waals surface area contributed by atoms with E-state index in [2.05, 4.69) is 5.16 Å². The van der Waals surface area contributed by atoms with Gasteiger partial charge in [0.15, 0.2) is 5.84 Å². The SMILES string of the molecule is COc1ccc(C(N)=NOCC2CCCO2)cc1. The summed E-state index contributed by atoms with van der Waals surface area (Å²) in [5.74, 6) is 1.14. The van der Waals surface area contributed by atoms with Gasteiger partial charge in [-0.2, -0.15) is 0 Å². The molecule has 0 bridgehead atoms. The fourth-order valence-electron chi connectivity index (χ4n) is 1.78. The minimum Gasteiger partial charge on any atom is -0.497 e. The van der Waals surface area contributed by atoms with E-state index in [9.17, 15) is 0 Å². The van der Waals surface area contributed by atoms with Gasteiger partial charge in [-0.3, -0.25) is 0 Å². The molecule has 1 unspecified atom stereocenters. The zero-order valence-electron chi connectivity index (χ0n) is 10.5. The molecule has 0 amide bonds. The second-order valence-corrected chi connectivity index (χ2v) is 4.14. The fourth-order valence-corrected chi connectivity index (χ4v) is 1.78. The standard InChI is InChI=1S/C13H18N2O3/c1-16-11-6-4-10(5-7-11)13(14)15-18-9-12-3-2-8-17-12/h4-7,12H,2-3,8-9H2,1H3,(H2,14,15). The van der Waals surface area contributed by atoms with Gasteiger partial charge < -0.3 is 20.0 Å². The maximum absolute atomic E-state index is 5.81. The van der Waals surface area contributed by atoms with E-state index < -0.39 is 0 Å². The lowest BCUT2D eigenvalue weighted by atomic mass is 10.2. The van der Waals surface area contributed by atoms with Gasteiger partial charge in [0, 0.05) is 12.2 Å². The normalized spacial score (nSPS) is 19.8. The third kappa shape index (κ3) is 3.37. The van der Waals surface area contributed by atoms with Crippen LogP contribution >= 0.6 is 0 Å². The van der Waals surface area contributed by atoms with Crippen LogP contribution in [0.4, 0.5) is 0 Å². The summed E-state index contributed by atoms with van der Waals surface area (Å²) in [6.45, 7) is 1.27. The topological polar surface area (TPSA) is 66.1 Å². The number of rotatable bonds is 5. The highest BCUT2D eigenvalue weighted by atomic mass is 16.6. The lowest BCUT2D eigenvalue weighted by molar-refractivity contribution is 0.0195. The van der Waals surface area contributed by atoms with E-state index in [-0.39, 0.29) is 6.10 Å². The van der Waals surface area contributed by atoms with Crippen LogP contribution in [0.1, 0.15) is 18.4 Å². The van der Waals surface area contributed by atoms with Crippen LogP contribution in [-0.4, -0.2) is 32.3 Å². The molecule has 0 spiro atoms. The molecular formula is C13H18N2O3. The molecule has 1 fully saturated rings. The van der Waals surface area contributed by atoms with Gasteiger partial charge in [0.1, 0.15) is 12.4 Å². The third-order valence-electron chi connectivity index (χ3n) is 2.83. The van der Waals surface area contributed by atoms with Gasteiger partial charge in [0.25, 0.3) is 0 Å². The van der Waals surface area contributed by atoms with Crippen LogP contribution in [0.3, 0.4) is 0 Å². The lowest BCUT2D eigenvalue weighted by Crippen LogP contribution is -2.17. The summed E-state index contributed by atoms with van der Waals surface area (Å²) in [6.07, 6.45) is 2.27. The van der Waals surface area contributed by atoms with Gasteiger partial charge in [-0.1, -0.05) is 5.16 Å². The van der Waals surface area contributed by atoms with Gasteiger partial charge in [0.2, 0.25) is 0 Å². The highest BCUT2D eigenvalue weighted by molar-refractivity contribution is 5.97. The van der Waals surface area contributed by atoms with E-state index in [1.54, 1.807) is 7.11 Å². The van der Waals surface area contributed by atoms with E-state index in [1.807, 2.05) is 24.3 Å². The first-order valence-electron chi connectivity index (χ1n) is 6.01. The molecule has 0 saturated carbocycles. The number of hydrogen-bond acceptors (Lipinski definition) is 4. The van der Waals surface area contributed by atoms with E-state index >= 15 is 0 Å². The highest BCUT2D eigenvalue weighted by Crippen LogP contribution is 2.13. The van der Waals surface area contributed by atoms with Crippen molar-refractivity contribution >= 4 is 5.84 Å². The zero-order valence-corrected chi connectivity index (χ0v) is 10.5. The number of nitrogens with zero attached hydrogens (tertiary/aromatic N) is 1. The number of ether oxygens (including phenoxy) is 2. The molecule has 1 saturated heterocycles. The van der Waals surface area contributed by atoms with Crippen LogP contribution < -0.4 is 10.5 Å². The maximum Gasteiger partial charge on any atom is 0.170 e. The van der Waals surface area contributed by atoms with Crippen molar-refractivity contribution in [3.63, 3.8) is 0 Å². The minimum absolute atomic E-state index is 0.150. The first-order valence-corrected chi connectivity index (χ1v) is 6.01. The van der Waals surface area contributed by atoms with Crippen LogP contribution in [0.25, 0.3) is 0 Å². The van der Waals surface area contributed by atoms with Crippen LogP contribution in [0, 0.1) is 0 Å². The first kappa shape index (κ1) is 12.7. The Labute approximate surface area is 107 Å². The number of methoxy groups -OCH3 is 1. The smallest absolute Gasteiger partial charge is 0.170 e. The van der Waals surface area contributed by atoms with Crippen molar-refractivity contribution in [2.45, 2.75) is 18.9 Å². The molecule has 0 radical (unpaired) electrons. The van der Waals surface area contributed by atoms with Gasteiger partial charge in [-0.05, 0) is 37.1 Å². The average molecular weight is 250 g/mol. The highest BCUT2D eigenvalue weighted by Gasteiger charge is 2.15. The third-order valence-corrected chi connectivity index (χ3v) is 2.83. The largest absolute Gasteiger partial charge is 0.497 e. The number of hydrogen-bond donors (Lipinski definition) is 1. The summed E-state index contributed by atoms with van der Waals surface area (Å²) in [5, 5.41) is 3.89. The zero-order chi connectivity index (χ0) is 12.8. The van der Waals surface area contributed by atoms with E-state index in [0.717, 1.165) is 30.8 Å². The quantitative estimate of drug-likeness (QED) is 0.488. The summed E-state index contributed by atoms with van der Waals surface area (Å²) in [4.78, 5) is 5.20. The molecule has 1 atom stereocenters. The predicted molar refractivity (Wildman–Crippen MR) is 68.6 cm³/mol. The summed E-state index contributed by atoms with van der Waals surface area (Å²) in [5.41, 5.74) is 6.62. The maximum atomic E-state index is 5.81. The van der Waals surface area contributed by atoms with Crippen molar-refractivity contribution in [3.8, 4) is 5.75 Å². The van der Waals surface area contributed by atoms with Crippen LogP contribution in [0.2, 0.25) is 0 Å². The van der Waals surface area contributed by atoms with E-state index in [4.69, 9.17) is 20.0 Å². The van der Waals surface area contributed by atoms with Crippen molar-refractivity contribution in [2.75, 3.05) is 20.3 Å². The fraction of sp³-hybridized carbons (Fsp3) is 0.462. The Balaban J connectivity index is 1.86. The Morgan fingerprint density at radius 3 is 2.83 bits per heavy atom. The first-order chi connectivity index (χ1) is 8.79. The molecule has 1 aromatic carbocycles. The number of benzene rings is 1. The molecule has 18 heavy (non-hydrogen) atoms. The predicted octanol–water partition coefficient (Wildman–Crippen LogP) is 1.51. The van der Waals surface area contributed by atoms with Gasteiger partial charge >= 0.3 is 0 Å². The summed E-state index contributed by atoms with van der Waals surface area (Å²) >= 11 is 0. The van der Waals surface area contributed by atoms with Crippen molar-refractivity contribution in [2.24, 2.45) is 10.9 Å². The molecule has 0 aliphatic carbocycles. The molecular weight excluding hydrogens is 232 g/mol. The molecule has 98 valence electrons. The summed E-state index contributed by atoms with van der Waals surface area (Å²) in [7, 11) is 1.62.